The van der Waals surface area contributed by atoms with Crippen LogP contribution in [0.25, 0.3) is 0 Å². The van der Waals surface area contributed by atoms with Gasteiger partial charge in [0, 0.05) is 37.5 Å². The number of nitrogens with one attached hydrogen (secondary N) is 1. The molecule has 0 atom stereocenters. The zero-order valence-corrected chi connectivity index (χ0v) is 16.4. The zero-order chi connectivity index (χ0) is 20.6. The smallest absolute Gasteiger partial charge is 0.311 e. The first-order valence-corrected chi connectivity index (χ1v) is 9.62. The number of nitro benzene ring substituents is 1. The molecule has 2 aromatic rings. The fourth-order valence-corrected chi connectivity index (χ4v) is 3.28. The molecule has 1 aliphatic rings. The second-order valence-corrected chi connectivity index (χ2v) is 6.87. The van der Waals surface area contributed by atoms with E-state index in [0.717, 1.165) is 18.7 Å². The van der Waals surface area contributed by atoms with Crippen LogP contribution in [0.1, 0.15) is 24.8 Å². The molecule has 0 bridgehead atoms. The molecule has 1 fully saturated rings. The molecule has 1 saturated heterocycles. The second kappa shape index (κ2) is 9.77. The summed E-state index contributed by atoms with van der Waals surface area (Å²) in [6.45, 7) is 2.42. The molecule has 0 radical (unpaired) electrons. The largest absolute Gasteiger partial charge is 0.490 e. The Balaban J connectivity index is 1.47. The molecule has 1 amide bonds. The third-order valence-electron chi connectivity index (χ3n) is 4.87. The molecule has 3 rings (SSSR count). The maximum absolute atomic E-state index is 12.0. The maximum Gasteiger partial charge on any atom is 0.311 e. The summed E-state index contributed by atoms with van der Waals surface area (Å²) in [6.07, 6.45) is 3.77. The highest BCUT2D eigenvalue weighted by Crippen LogP contribution is 2.30. The number of rotatable bonds is 8. The van der Waals surface area contributed by atoms with Crippen molar-refractivity contribution < 1.29 is 19.2 Å². The summed E-state index contributed by atoms with van der Waals surface area (Å²) in [4.78, 5) is 24.8. The van der Waals surface area contributed by atoms with Gasteiger partial charge in [-0.2, -0.15) is 0 Å². The van der Waals surface area contributed by atoms with E-state index < -0.39 is 4.92 Å². The molecule has 2 aromatic carbocycles. The number of nitrogens with zero attached hydrogens (tertiary/aromatic N) is 2. The van der Waals surface area contributed by atoms with Crippen molar-refractivity contribution in [2.24, 2.45) is 0 Å². The minimum Gasteiger partial charge on any atom is -0.490 e. The van der Waals surface area contributed by atoms with Crippen molar-refractivity contribution in [3.63, 3.8) is 0 Å². The number of hydrogen-bond acceptors (Lipinski definition) is 6. The number of amides is 1. The van der Waals surface area contributed by atoms with Gasteiger partial charge in [0.1, 0.15) is 5.75 Å². The van der Waals surface area contributed by atoms with Crippen molar-refractivity contribution in [1.82, 2.24) is 5.32 Å². The van der Waals surface area contributed by atoms with Crippen LogP contribution in [0, 0.1) is 10.1 Å². The Labute approximate surface area is 169 Å². The van der Waals surface area contributed by atoms with Crippen molar-refractivity contribution in [3.05, 3.63) is 58.1 Å². The highest BCUT2D eigenvalue weighted by atomic mass is 16.6. The molecule has 1 heterocycles. The predicted molar refractivity (Wildman–Crippen MR) is 109 cm³/mol. The number of hydrogen-bond donors (Lipinski definition) is 1. The molecule has 1 aliphatic heterocycles. The van der Waals surface area contributed by atoms with Crippen molar-refractivity contribution in [2.75, 3.05) is 31.7 Å². The van der Waals surface area contributed by atoms with Gasteiger partial charge in [0.2, 0.25) is 5.75 Å². The van der Waals surface area contributed by atoms with Crippen LogP contribution in [0.3, 0.4) is 0 Å². The van der Waals surface area contributed by atoms with E-state index in [9.17, 15) is 14.9 Å². The van der Waals surface area contributed by atoms with Crippen molar-refractivity contribution >= 4 is 17.3 Å². The van der Waals surface area contributed by atoms with E-state index in [1.165, 1.54) is 50.3 Å². The van der Waals surface area contributed by atoms with E-state index >= 15 is 0 Å². The summed E-state index contributed by atoms with van der Waals surface area (Å²) in [5, 5.41) is 13.7. The van der Waals surface area contributed by atoms with Gasteiger partial charge >= 0.3 is 5.69 Å². The number of anilines is 1. The van der Waals surface area contributed by atoms with Crippen LogP contribution in [0.2, 0.25) is 0 Å². The third-order valence-corrected chi connectivity index (χ3v) is 4.87. The van der Waals surface area contributed by atoms with Crippen LogP contribution in [-0.4, -0.2) is 37.6 Å². The monoisotopic (exact) mass is 399 g/mol. The Hall–Kier alpha value is -3.29. The van der Waals surface area contributed by atoms with Gasteiger partial charge in [0.05, 0.1) is 12.0 Å². The Morgan fingerprint density at radius 2 is 1.86 bits per heavy atom. The summed E-state index contributed by atoms with van der Waals surface area (Å²) in [5.41, 5.74) is 2.07. The molecular formula is C21H25N3O5. The molecule has 0 unspecified atom stereocenters. The lowest BCUT2D eigenvalue weighted by molar-refractivity contribution is -0.385. The van der Waals surface area contributed by atoms with Gasteiger partial charge in [-0.1, -0.05) is 12.1 Å². The van der Waals surface area contributed by atoms with Gasteiger partial charge in [-0.25, -0.2) is 0 Å². The Morgan fingerprint density at radius 3 is 2.52 bits per heavy atom. The Kier molecular flexibility index (Phi) is 6.89. The maximum atomic E-state index is 12.0. The van der Waals surface area contributed by atoms with Crippen molar-refractivity contribution in [3.8, 4) is 11.5 Å². The number of benzene rings is 2. The highest BCUT2D eigenvalue weighted by molar-refractivity contribution is 5.77. The SMILES string of the molecule is COc1cc(OCC(=O)NCc2ccc(N3CCCCC3)cc2)ccc1[N+](=O)[O-]. The average molecular weight is 399 g/mol. The summed E-state index contributed by atoms with van der Waals surface area (Å²) in [5.74, 6) is 0.137. The number of nitro groups is 1. The molecule has 8 heteroatoms. The average Bonchev–Trinajstić information content (AvgIpc) is 2.76. The Morgan fingerprint density at radius 1 is 1.14 bits per heavy atom. The molecule has 1 N–H and O–H groups in total. The van der Waals surface area contributed by atoms with Crippen LogP contribution in [0.4, 0.5) is 11.4 Å². The lowest BCUT2D eigenvalue weighted by atomic mass is 10.1. The summed E-state index contributed by atoms with van der Waals surface area (Å²) < 4.78 is 10.4. The van der Waals surface area contributed by atoms with E-state index in [1.807, 2.05) is 12.1 Å². The van der Waals surface area contributed by atoms with Gasteiger partial charge < -0.3 is 19.7 Å². The molecule has 154 valence electrons. The quantitative estimate of drug-likeness (QED) is 0.541. The lowest BCUT2D eigenvalue weighted by Crippen LogP contribution is -2.29. The van der Waals surface area contributed by atoms with Crippen LogP contribution in [0.15, 0.2) is 42.5 Å². The molecule has 0 aromatic heterocycles. The minimum atomic E-state index is -0.536. The predicted octanol–water partition coefficient (Wildman–Crippen LogP) is 3.29. The highest BCUT2D eigenvalue weighted by Gasteiger charge is 2.16. The number of methoxy groups -OCH3 is 1. The molecule has 29 heavy (non-hydrogen) atoms. The van der Waals surface area contributed by atoms with Gasteiger partial charge in [0.15, 0.2) is 6.61 Å². The molecule has 0 spiro atoms. The summed E-state index contributed by atoms with van der Waals surface area (Å²) in [6, 6.07) is 12.3. The van der Waals surface area contributed by atoms with E-state index in [0.29, 0.717) is 12.3 Å². The number of ether oxygens (including phenoxy) is 2. The minimum absolute atomic E-state index is 0.0849. The second-order valence-electron chi connectivity index (χ2n) is 6.87. The first kappa shape index (κ1) is 20.4. The van der Waals surface area contributed by atoms with E-state index in [4.69, 9.17) is 9.47 Å². The van der Waals surface area contributed by atoms with Crippen molar-refractivity contribution in [1.29, 1.82) is 0 Å². The van der Waals surface area contributed by atoms with Gasteiger partial charge in [0.25, 0.3) is 5.91 Å². The van der Waals surface area contributed by atoms with Crippen LogP contribution in [0.5, 0.6) is 11.5 Å². The lowest BCUT2D eigenvalue weighted by Gasteiger charge is -2.28. The first-order chi connectivity index (χ1) is 14.1. The first-order valence-electron chi connectivity index (χ1n) is 9.62. The van der Waals surface area contributed by atoms with E-state index in [2.05, 4.69) is 22.3 Å². The third kappa shape index (κ3) is 5.60. The Bertz CT molecular complexity index is 848. The number of carbonyl (C=O) groups is 1. The topological polar surface area (TPSA) is 93.9 Å². The molecular weight excluding hydrogens is 374 g/mol. The van der Waals surface area contributed by atoms with Gasteiger partial charge in [-0.15, -0.1) is 0 Å². The fraction of sp³-hybridized carbons (Fsp3) is 0.381. The van der Waals surface area contributed by atoms with Crippen LogP contribution < -0.4 is 19.7 Å². The van der Waals surface area contributed by atoms with E-state index in [1.54, 1.807) is 0 Å². The summed E-state index contributed by atoms with van der Waals surface area (Å²) >= 11 is 0. The fourth-order valence-electron chi connectivity index (χ4n) is 3.28. The van der Waals surface area contributed by atoms with Crippen molar-refractivity contribution in [2.45, 2.75) is 25.8 Å². The summed E-state index contributed by atoms with van der Waals surface area (Å²) in [7, 11) is 1.34. The number of piperidine rings is 1. The zero-order valence-electron chi connectivity index (χ0n) is 16.4. The molecule has 8 nitrogen and oxygen atoms in total. The van der Waals surface area contributed by atoms with Crippen LogP contribution in [-0.2, 0) is 11.3 Å². The normalized spacial score (nSPS) is 13.6. The standard InChI is InChI=1S/C21H25N3O5/c1-28-20-13-18(9-10-19(20)24(26)27)29-15-21(25)22-14-16-5-7-17(8-6-16)23-11-3-2-4-12-23/h5-10,13H,2-4,11-12,14-15H2,1H3,(H,22,25). The van der Waals surface area contributed by atoms with Crippen LogP contribution >= 0.6 is 0 Å². The van der Waals surface area contributed by atoms with E-state index in [-0.39, 0.29) is 24.0 Å². The van der Waals surface area contributed by atoms with Gasteiger partial charge in [-0.05, 0) is 43.0 Å². The van der Waals surface area contributed by atoms with Gasteiger partial charge in [-0.3, -0.25) is 14.9 Å². The molecule has 0 saturated carbocycles. The molecule has 0 aliphatic carbocycles. The number of carbonyl (C=O) groups excluding carboxylic acids is 1.